The number of rotatable bonds is 8. The first-order valence-electron chi connectivity index (χ1n) is 6.72. The quantitative estimate of drug-likeness (QED) is 0.707. The highest BCUT2D eigenvalue weighted by molar-refractivity contribution is 5.78. The van der Waals surface area contributed by atoms with Gasteiger partial charge >= 0.3 is 0 Å². The number of benzene rings is 1. The van der Waals surface area contributed by atoms with Gasteiger partial charge in [-0.3, -0.25) is 4.79 Å². The van der Waals surface area contributed by atoms with Crippen LogP contribution in [0.25, 0.3) is 0 Å². The maximum Gasteiger partial charge on any atom is 0.234 e. The molecular weight excluding hydrogens is 256 g/mol. The number of hydrogen-bond donors (Lipinski definition) is 2. The first-order chi connectivity index (χ1) is 9.58. The average Bonchev–Trinajstić information content (AvgIpc) is 2.45. The summed E-state index contributed by atoms with van der Waals surface area (Å²) >= 11 is 0. The van der Waals surface area contributed by atoms with E-state index in [-0.39, 0.29) is 18.5 Å². The Morgan fingerprint density at radius 3 is 2.75 bits per heavy atom. The predicted octanol–water partition coefficient (Wildman–Crippen LogP) is 1.42. The summed E-state index contributed by atoms with van der Waals surface area (Å²) in [7, 11) is 3.26. The third-order valence-electron chi connectivity index (χ3n) is 3.05. The number of carbonyl (C=O) groups excluding carboxylic acids is 1. The third-order valence-corrected chi connectivity index (χ3v) is 3.05. The summed E-state index contributed by atoms with van der Waals surface area (Å²) in [5.74, 6) is 0.788. The van der Waals surface area contributed by atoms with Crippen molar-refractivity contribution >= 4 is 5.91 Å². The van der Waals surface area contributed by atoms with Crippen LogP contribution in [0.5, 0.6) is 5.75 Å². The second kappa shape index (κ2) is 8.55. The summed E-state index contributed by atoms with van der Waals surface area (Å²) in [5.41, 5.74) is 2.22. The van der Waals surface area contributed by atoms with Gasteiger partial charge in [0.25, 0.3) is 0 Å². The van der Waals surface area contributed by atoms with Crippen molar-refractivity contribution in [3.05, 3.63) is 29.3 Å². The van der Waals surface area contributed by atoms with Crippen LogP contribution in [-0.2, 0) is 9.53 Å². The molecule has 0 fully saturated rings. The minimum Gasteiger partial charge on any atom is -0.496 e. The Bertz CT molecular complexity index is 435. The minimum atomic E-state index is -0.0412. The van der Waals surface area contributed by atoms with E-state index in [1.807, 2.05) is 26.0 Å². The normalized spacial score (nSPS) is 12.0. The molecule has 0 aliphatic rings. The van der Waals surface area contributed by atoms with Gasteiger partial charge in [0.05, 0.1) is 20.3 Å². The molecule has 0 saturated carbocycles. The molecule has 112 valence electrons. The SMILES string of the molecule is COCCNC(=O)CNC(C)c1cc(C)ccc1OC. The highest BCUT2D eigenvalue weighted by atomic mass is 16.5. The van der Waals surface area contributed by atoms with E-state index >= 15 is 0 Å². The van der Waals surface area contributed by atoms with E-state index in [0.717, 1.165) is 11.3 Å². The molecule has 0 saturated heterocycles. The molecule has 1 unspecified atom stereocenters. The lowest BCUT2D eigenvalue weighted by Crippen LogP contribution is -2.36. The zero-order valence-corrected chi connectivity index (χ0v) is 12.7. The molecule has 2 N–H and O–H groups in total. The number of amides is 1. The van der Waals surface area contributed by atoms with Gasteiger partial charge in [-0.15, -0.1) is 0 Å². The van der Waals surface area contributed by atoms with Crippen LogP contribution >= 0.6 is 0 Å². The van der Waals surface area contributed by atoms with E-state index in [2.05, 4.69) is 16.7 Å². The van der Waals surface area contributed by atoms with Gasteiger partial charge in [-0.25, -0.2) is 0 Å². The molecular formula is C15H24N2O3. The van der Waals surface area contributed by atoms with Crippen molar-refractivity contribution in [3.8, 4) is 5.75 Å². The van der Waals surface area contributed by atoms with Crippen LogP contribution in [0.1, 0.15) is 24.1 Å². The lowest BCUT2D eigenvalue weighted by atomic mass is 10.0. The molecule has 1 amide bonds. The molecule has 0 aliphatic carbocycles. The Hall–Kier alpha value is -1.59. The molecule has 1 rings (SSSR count). The van der Waals surface area contributed by atoms with Gasteiger partial charge in [0.2, 0.25) is 5.91 Å². The number of methoxy groups -OCH3 is 2. The molecule has 5 nitrogen and oxygen atoms in total. The summed E-state index contributed by atoms with van der Waals surface area (Å²) < 4.78 is 10.2. The van der Waals surface area contributed by atoms with Crippen LogP contribution in [0.3, 0.4) is 0 Å². The van der Waals surface area contributed by atoms with E-state index in [1.54, 1.807) is 14.2 Å². The van der Waals surface area contributed by atoms with Gasteiger partial charge in [-0.05, 0) is 19.9 Å². The number of hydrogen-bond acceptors (Lipinski definition) is 4. The Kier molecular flexibility index (Phi) is 7.04. The summed E-state index contributed by atoms with van der Waals surface area (Å²) in [6, 6.07) is 6.06. The Labute approximate surface area is 120 Å². The second-order valence-corrected chi connectivity index (χ2v) is 4.69. The number of nitrogens with one attached hydrogen (secondary N) is 2. The lowest BCUT2D eigenvalue weighted by Gasteiger charge is -2.17. The van der Waals surface area contributed by atoms with Crippen LogP contribution in [0.2, 0.25) is 0 Å². The fraction of sp³-hybridized carbons (Fsp3) is 0.533. The molecule has 1 aromatic rings. The first kappa shape index (κ1) is 16.5. The molecule has 1 atom stereocenters. The van der Waals surface area contributed by atoms with Crippen LogP contribution in [0.15, 0.2) is 18.2 Å². The molecule has 5 heteroatoms. The van der Waals surface area contributed by atoms with Crippen LogP contribution in [0.4, 0.5) is 0 Å². The summed E-state index contributed by atoms with van der Waals surface area (Å²) in [5, 5.41) is 5.97. The molecule has 0 heterocycles. The fourth-order valence-corrected chi connectivity index (χ4v) is 1.90. The molecule has 0 aliphatic heterocycles. The van der Waals surface area contributed by atoms with Crippen molar-refractivity contribution in [3.63, 3.8) is 0 Å². The van der Waals surface area contributed by atoms with E-state index < -0.39 is 0 Å². The fourth-order valence-electron chi connectivity index (χ4n) is 1.90. The standard InChI is InChI=1S/C15H24N2O3/c1-11-5-6-14(20-4)13(9-11)12(2)17-10-15(18)16-7-8-19-3/h5-6,9,12,17H,7-8,10H2,1-4H3,(H,16,18). The molecule has 1 aromatic carbocycles. The first-order valence-corrected chi connectivity index (χ1v) is 6.72. The van der Waals surface area contributed by atoms with Crippen molar-refractivity contribution < 1.29 is 14.3 Å². The van der Waals surface area contributed by atoms with E-state index in [9.17, 15) is 4.79 Å². The van der Waals surface area contributed by atoms with Gasteiger partial charge in [-0.1, -0.05) is 17.7 Å². The number of aryl methyl sites for hydroxylation is 1. The minimum absolute atomic E-state index is 0.0398. The Morgan fingerprint density at radius 1 is 1.35 bits per heavy atom. The van der Waals surface area contributed by atoms with E-state index in [0.29, 0.717) is 13.2 Å². The molecule has 0 spiro atoms. The maximum atomic E-state index is 11.6. The second-order valence-electron chi connectivity index (χ2n) is 4.69. The Balaban J connectivity index is 2.52. The molecule has 0 bridgehead atoms. The van der Waals surface area contributed by atoms with Crippen molar-refractivity contribution in [2.45, 2.75) is 19.9 Å². The highest BCUT2D eigenvalue weighted by Crippen LogP contribution is 2.25. The van der Waals surface area contributed by atoms with Crippen LogP contribution in [0, 0.1) is 6.92 Å². The van der Waals surface area contributed by atoms with Gasteiger partial charge in [0.15, 0.2) is 0 Å². The molecule has 0 radical (unpaired) electrons. The van der Waals surface area contributed by atoms with Crippen LogP contribution < -0.4 is 15.4 Å². The van der Waals surface area contributed by atoms with Gasteiger partial charge in [0.1, 0.15) is 5.75 Å². The molecule has 20 heavy (non-hydrogen) atoms. The largest absolute Gasteiger partial charge is 0.496 e. The highest BCUT2D eigenvalue weighted by Gasteiger charge is 2.12. The van der Waals surface area contributed by atoms with Crippen molar-refractivity contribution in [2.75, 3.05) is 33.9 Å². The van der Waals surface area contributed by atoms with Gasteiger partial charge < -0.3 is 20.1 Å². The number of ether oxygens (including phenoxy) is 2. The monoisotopic (exact) mass is 280 g/mol. The number of carbonyl (C=O) groups is 1. The third kappa shape index (κ3) is 5.19. The van der Waals surface area contributed by atoms with Crippen molar-refractivity contribution in [1.82, 2.24) is 10.6 Å². The van der Waals surface area contributed by atoms with Crippen molar-refractivity contribution in [1.29, 1.82) is 0 Å². The maximum absolute atomic E-state index is 11.6. The van der Waals surface area contributed by atoms with E-state index in [1.165, 1.54) is 5.56 Å². The Morgan fingerprint density at radius 2 is 2.10 bits per heavy atom. The smallest absolute Gasteiger partial charge is 0.234 e. The zero-order valence-electron chi connectivity index (χ0n) is 12.7. The molecule has 0 aromatic heterocycles. The zero-order chi connectivity index (χ0) is 15.0. The van der Waals surface area contributed by atoms with Crippen LogP contribution in [-0.4, -0.2) is 39.8 Å². The predicted molar refractivity (Wildman–Crippen MR) is 79.0 cm³/mol. The summed E-state index contributed by atoms with van der Waals surface area (Å²) in [4.78, 5) is 11.6. The summed E-state index contributed by atoms with van der Waals surface area (Å²) in [6.07, 6.45) is 0. The topological polar surface area (TPSA) is 59.6 Å². The van der Waals surface area contributed by atoms with E-state index in [4.69, 9.17) is 9.47 Å². The summed E-state index contributed by atoms with van der Waals surface area (Å²) in [6.45, 7) is 5.36. The van der Waals surface area contributed by atoms with Crippen molar-refractivity contribution in [2.24, 2.45) is 0 Å². The lowest BCUT2D eigenvalue weighted by molar-refractivity contribution is -0.120. The van der Waals surface area contributed by atoms with Gasteiger partial charge in [0, 0.05) is 25.3 Å². The van der Waals surface area contributed by atoms with Gasteiger partial charge in [-0.2, -0.15) is 0 Å². The average molecular weight is 280 g/mol.